The van der Waals surface area contributed by atoms with Gasteiger partial charge in [0, 0.05) is 50.9 Å². The molecule has 0 unspecified atom stereocenters. The van der Waals surface area contributed by atoms with E-state index in [1.807, 2.05) is 5.38 Å². The second-order valence-electron chi connectivity index (χ2n) is 5.71. The molecule has 0 spiro atoms. The second kappa shape index (κ2) is 4.82. The van der Waals surface area contributed by atoms with E-state index in [1.165, 1.54) is 6.92 Å². The molecule has 2 saturated heterocycles. The molecule has 1 aromatic heterocycles. The third-order valence-corrected chi connectivity index (χ3v) is 5.06. The fraction of sp³-hybridized carbons (Fsp3) is 0.615. The van der Waals surface area contributed by atoms with Crippen LogP contribution in [0.4, 0.5) is 0 Å². The van der Waals surface area contributed by atoms with Gasteiger partial charge < -0.3 is 10.0 Å². The van der Waals surface area contributed by atoms with E-state index in [1.54, 1.807) is 21.7 Å². The number of carboxylic acids is 1. The molecule has 2 atom stereocenters. The van der Waals surface area contributed by atoms with E-state index in [0.717, 1.165) is 5.69 Å². The van der Waals surface area contributed by atoms with Crippen molar-refractivity contribution in [2.75, 3.05) is 26.2 Å². The largest absolute Gasteiger partial charge is 0.481 e. The number of thiazole rings is 1. The second-order valence-corrected chi connectivity index (χ2v) is 6.43. The van der Waals surface area contributed by atoms with E-state index in [4.69, 9.17) is 0 Å². The van der Waals surface area contributed by atoms with Crippen molar-refractivity contribution in [3.63, 3.8) is 0 Å². The first-order chi connectivity index (χ1) is 9.51. The number of amides is 1. The zero-order valence-corrected chi connectivity index (χ0v) is 12.1. The molecular formula is C13H17N3O3S. The van der Waals surface area contributed by atoms with Crippen LogP contribution in [0.1, 0.15) is 12.6 Å². The number of hydrogen-bond acceptors (Lipinski definition) is 5. The number of fused-ring (bicyclic) bond motifs is 1. The van der Waals surface area contributed by atoms with Crippen LogP contribution in [0.5, 0.6) is 0 Å². The van der Waals surface area contributed by atoms with Gasteiger partial charge in [-0.05, 0) is 0 Å². The maximum Gasteiger partial charge on any atom is 0.313 e. The highest BCUT2D eigenvalue weighted by Gasteiger charge is 2.58. The lowest BCUT2D eigenvalue weighted by molar-refractivity contribution is -0.149. The van der Waals surface area contributed by atoms with Crippen molar-refractivity contribution in [1.82, 2.24) is 14.8 Å². The summed E-state index contributed by atoms with van der Waals surface area (Å²) in [5.41, 5.74) is 1.97. The van der Waals surface area contributed by atoms with Gasteiger partial charge in [-0.1, -0.05) is 0 Å². The van der Waals surface area contributed by atoms with Gasteiger partial charge in [0.25, 0.3) is 0 Å². The number of carboxylic acid groups (broad SMARTS) is 1. The lowest BCUT2D eigenvalue weighted by Crippen LogP contribution is -2.41. The topological polar surface area (TPSA) is 73.7 Å². The molecule has 1 N–H and O–H groups in total. The minimum atomic E-state index is -0.804. The number of rotatable bonds is 3. The average Bonchev–Trinajstić information content (AvgIpc) is 3.02. The lowest BCUT2D eigenvalue weighted by atomic mass is 9.81. The fourth-order valence-corrected chi connectivity index (χ4v) is 3.93. The maximum atomic E-state index is 11.7. The van der Waals surface area contributed by atoms with Crippen molar-refractivity contribution in [2.45, 2.75) is 13.5 Å². The first-order valence-corrected chi connectivity index (χ1v) is 7.54. The molecule has 7 heteroatoms. The smallest absolute Gasteiger partial charge is 0.313 e. The summed E-state index contributed by atoms with van der Waals surface area (Å²) in [6.07, 6.45) is 0. The molecule has 0 aromatic carbocycles. The third kappa shape index (κ3) is 2.10. The molecule has 0 bridgehead atoms. The van der Waals surface area contributed by atoms with Gasteiger partial charge in [0.05, 0.1) is 11.2 Å². The summed E-state index contributed by atoms with van der Waals surface area (Å²) in [5.74, 6) is -0.805. The first kappa shape index (κ1) is 13.5. The Balaban J connectivity index is 1.76. The van der Waals surface area contributed by atoms with E-state index in [2.05, 4.69) is 9.88 Å². The van der Waals surface area contributed by atoms with Crippen molar-refractivity contribution in [3.8, 4) is 0 Å². The third-order valence-electron chi connectivity index (χ3n) is 4.42. The van der Waals surface area contributed by atoms with Crippen molar-refractivity contribution in [1.29, 1.82) is 0 Å². The Hall–Kier alpha value is -1.47. The minimum Gasteiger partial charge on any atom is -0.481 e. The van der Waals surface area contributed by atoms with Gasteiger partial charge in [-0.15, -0.1) is 11.3 Å². The molecule has 3 heterocycles. The number of carbonyl (C=O) groups is 2. The average molecular weight is 295 g/mol. The molecule has 0 aliphatic carbocycles. The number of aliphatic carboxylic acids is 1. The summed E-state index contributed by atoms with van der Waals surface area (Å²) in [6, 6.07) is 0. The Bertz CT molecular complexity index is 533. The highest BCUT2D eigenvalue weighted by molar-refractivity contribution is 7.07. The Morgan fingerprint density at radius 3 is 2.85 bits per heavy atom. The number of nitrogens with zero attached hydrogens (tertiary/aromatic N) is 3. The summed E-state index contributed by atoms with van der Waals surface area (Å²) < 4.78 is 0. The SMILES string of the molecule is CC(=O)N1C[C@H]2CN(Cc3cscn3)C[C@@]2(C(=O)O)C1. The molecule has 2 aliphatic heterocycles. The zero-order valence-electron chi connectivity index (χ0n) is 11.3. The summed E-state index contributed by atoms with van der Waals surface area (Å²) in [4.78, 5) is 31.3. The molecule has 108 valence electrons. The van der Waals surface area contributed by atoms with Gasteiger partial charge in [-0.25, -0.2) is 4.98 Å². The summed E-state index contributed by atoms with van der Waals surface area (Å²) in [5, 5.41) is 11.6. The van der Waals surface area contributed by atoms with Gasteiger partial charge in [0.2, 0.25) is 5.91 Å². The van der Waals surface area contributed by atoms with Crippen molar-refractivity contribution >= 4 is 23.2 Å². The van der Waals surface area contributed by atoms with E-state index in [-0.39, 0.29) is 11.8 Å². The highest BCUT2D eigenvalue weighted by Crippen LogP contribution is 2.43. The van der Waals surface area contributed by atoms with Crippen LogP contribution in [-0.2, 0) is 16.1 Å². The normalized spacial score (nSPS) is 29.6. The molecule has 20 heavy (non-hydrogen) atoms. The lowest BCUT2D eigenvalue weighted by Gasteiger charge is -2.24. The molecule has 0 saturated carbocycles. The first-order valence-electron chi connectivity index (χ1n) is 6.59. The van der Waals surface area contributed by atoms with Gasteiger partial charge in [-0.2, -0.15) is 0 Å². The molecule has 0 radical (unpaired) electrons. The zero-order chi connectivity index (χ0) is 14.3. The van der Waals surface area contributed by atoms with Gasteiger partial charge >= 0.3 is 5.97 Å². The van der Waals surface area contributed by atoms with Crippen LogP contribution in [0.3, 0.4) is 0 Å². The van der Waals surface area contributed by atoms with Crippen LogP contribution in [-0.4, -0.2) is 57.9 Å². The fourth-order valence-electron chi connectivity index (χ4n) is 3.38. The molecule has 1 amide bonds. The quantitative estimate of drug-likeness (QED) is 0.879. The van der Waals surface area contributed by atoms with Crippen LogP contribution >= 0.6 is 11.3 Å². The Morgan fingerprint density at radius 2 is 2.30 bits per heavy atom. The van der Waals surface area contributed by atoms with Crippen LogP contribution in [0.25, 0.3) is 0 Å². The molecule has 1 aromatic rings. The number of likely N-dealkylation sites (tertiary alicyclic amines) is 2. The molecule has 2 aliphatic rings. The van der Waals surface area contributed by atoms with E-state index < -0.39 is 11.4 Å². The van der Waals surface area contributed by atoms with Gasteiger partial charge in [-0.3, -0.25) is 14.5 Å². The molecular weight excluding hydrogens is 278 g/mol. The van der Waals surface area contributed by atoms with Crippen LogP contribution < -0.4 is 0 Å². The van der Waals surface area contributed by atoms with Crippen molar-refractivity contribution in [3.05, 3.63) is 16.6 Å². The van der Waals surface area contributed by atoms with Crippen LogP contribution in [0, 0.1) is 11.3 Å². The van der Waals surface area contributed by atoms with Gasteiger partial charge in [0.15, 0.2) is 0 Å². The Kier molecular flexibility index (Phi) is 3.25. The highest BCUT2D eigenvalue weighted by atomic mass is 32.1. The van der Waals surface area contributed by atoms with E-state index >= 15 is 0 Å². The summed E-state index contributed by atoms with van der Waals surface area (Å²) in [7, 11) is 0. The molecule has 3 rings (SSSR count). The number of aromatic nitrogens is 1. The summed E-state index contributed by atoms with van der Waals surface area (Å²) >= 11 is 1.55. The Morgan fingerprint density at radius 1 is 1.50 bits per heavy atom. The predicted molar refractivity (Wildman–Crippen MR) is 73.2 cm³/mol. The number of carbonyl (C=O) groups excluding carboxylic acids is 1. The van der Waals surface area contributed by atoms with Crippen molar-refractivity contribution < 1.29 is 14.7 Å². The Labute approximate surface area is 121 Å². The van der Waals surface area contributed by atoms with Crippen molar-refractivity contribution in [2.24, 2.45) is 11.3 Å². The van der Waals surface area contributed by atoms with E-state index in [0.29, 0.717) is 32.7 Å². The summed E-state index contributed by atoms with van der Waals surface area (Å²) in [6.45, 7) is 4.28. The predicted octanol–water partition coefficient (Wildman–Crippen LogP) is 0.508. The van der Waals surface area contributed by atoms with Crippen LogP contribution in [0.15, 0.2) is 10.9 Å². The molecule has 6 nitrogen and oxygen atoms in total. The number of hydrogen-bond donors (Lipinski definition) is 1. The molecule has 2 fully saturated rings. The standard InChI is InChI=1S/C13H17N3O3S/c1-9(17)16-3-10-2-15(4-11-5-20-8-14-11)6-13(10,7-16)12(18)19/h5,8,10H,2-4,6-7H2,1H3,(H,18,19)/t10-,13-/m1/s1. The van der Waals surface area contributed by atoms with Crippen LogP contribution in [0.2, 0.25) is 0 Å². The monoisotopic (exact) mass is 295 g/mol. The maximum absolute atomic E-state index is 11.7. The minimum absolute atomic E-state index is 0.0162. The van der Waals surface area contributed by atoms with E-state index in [9.17, 15) is 14.7 Å². The van der Waals surface area contributed by atoms with Gasteiger partial charge in [0.1, 0.15) is 5.41 Å².